The molecule has 0 saturated carbocycles. The minimum absolute atomic E-state index is 0.0215. The van der Waals surface area contributed by atoms with Gasteiger partial charge in [-0.3, -0.25) is 0 Å². The molecule has 1 aromatic rings. The van der Waals surface area contributed by atoms with E-state index in [4.69, 9.17) is 4.74 Å². The van der Waals surface area contributed by atoms with E-state index in [0.29, 0.717) is 6.54 Å². The van der Waals surface area contributed by atoms with E-state index in [1.165, 1.54) is 19.3 Å². The van der Waals surface area contributed by atoms with Crippen molar-refractivity contribution in [2.45, 2.75) is 38.7 Å². The molecule has 2 amide bonds. The van der Waals surface area contributed by atoms with E-state index in [9.17, 15) is 4.79 Å². The second-order valence-electron chi connectivity index (χ2n) is 6.48. The molecule has 126 valence electrons. The van der Waals surface area contributed by atoms with Crippen LogP contribution in [0, 0.1) is 0 Å². The molecular formula is C18H27N3O2. The third-order valence-electron chi connectivity index (χ3n) is 4.58. The lowest BCUT2D eigenvalue weighted by Gasteiger charge is -2.31. The van der Waals surface area contributed by atoms with Gasteiger partial charge in [0.2, 0.25) is 0 Å². The molecule has 5 nitrogen and oxygen atoms in total. The van der Waals surface area contributed by atoms with Gasteiger partial charge in [-0.1, -0.05) is 12.1 Å². The van der Waals surface area contributed by atoms with Crippen molar-refractivity contribution < 1.29 is 9.53 Å². The summed E-state index contributed by atoms with van der Waals surface area (Å²) in [6.45, 7) is 6.30. The number of ether oxygens (including phenoxy) is 1. The normalized spacial score (nSPS) is 22.6. The molecule has 0 spiro atoms. The van der Waals surface area contributed by atoms with Gasteiger partial charge in [0.1, 0.15) is 0 Å². The summed E-state index contributed by atoms with van der Waals surface area (Å²) in [4.78, 5) is 16.9. The van der Waals surface area contributed by atoms with Gasteiger partial charge in [0.25, 0.3) is 0 Å². The number of para-hydroxylation sites is 2. The highest BCUT2D eigenvalue weighted by Gasteiger charge is 2.21. The van der Waals surface area contributed by atoms with Crippen LogP contribution in [0.2, 0.25) is 0 Å². The number of hydrogen-bond donors (Lipinski definition) is 1. The first-order chi connectivity index (χ1) is 11.2. The molecule has 1 unspecified atom stereocenters. The van der Waals surface area contributed by atoms with E-state index in [-0.39, 0.29) is 12.1 Å². The van der Waals surface area contributed by atoms with E-state index in [0.717, 1.165) is 44.0 Å². The maximum atomic E-state index is 12.6. The van der Waals surface area contributed by atoms with Crippen LogP contribution in [0.1, 0.15) is 32.6 Å². The lowest BCUT2D eigenvalue weighted by Crippen LogP contribution is -2.39. The Morgan fingerprint density at radius 1 is 1.13 bits per heavy atom. The summed E-state index contributed by atoms with van der Waals surface area (Å²) < 4.78 is 5.62. The van der Waals surface area contributed by atoms with Crippen molar-refractivity contribution >= 4 is 17.4 Å². The second kappa shape index (κ2) is 7.68. The van der Waals surface area contributed by atoms with Gasteiger partial charge < -0.3 is 19.9 Å². The summed E-state index contributed by atoms with van der Waals surface area (Å²) in [6.07, 6.45) is 4.75. The zero-order valence-electron chi connectivity index (χ0n) is 14.0. The first-order valence-electron chi connectivity index (χ1n) is 8.75. The minimum Gasteiger partial charge on any atom is -0.377 e. The SMILES string of the molecule is CC1CN(C(=O)Nc2ccccc2N2CCCCC2)CCCO1. The topological polar surface area (TPSA) is 44.8 Å². The van der Waals surface area contributed by atoms with Crippen LogP contribution in [0.25, 0.3) is 0 Å². The van der Waals surface area contributed by atoms with Crippen LogP contribution in [0.3, 0.4) is 0 Å². The van der Waals surface area contributed by atoms with Gasteiger partial charge >= 0.3 is 6.03 Å². The smallest absolute Gasteiger partial charge is 0.321 e. The molecular weight excluding hydrogens is 290 g/mol. The van der Waals surface area contributed by atoms with Crippen molar-refractivity contribution in [1.82, 2.24) is 4.90 Å². The molecule has 1 aromatic carbocycles. The Morgan fingerprint density at radius 2 is 1.91 bits per heavy atom. The number of carbonyl (C=O) groups is 1. The monoisotopic (exact) mass is 317 g/mol. The van der Waals surface area contributed by atoms with Gasteiger partial charge in [-0.15, -0.1) is 0 Å². The quantitative estimate of drug-likeness (QED) is 0.910. The summed E-state index contributed by atoms with van der Waals surface area (Å²) >= 11 is 0. The molecule has 2 fully saturated rings. The van der Waals surface area contributed by atoms with Gasteiger partial charge in [0, 0.05) is 32.8 Å². The number of nitrogens with one attached hydrogen (secondary N) is 1. The number of amides is 2. The van der Waals surface area contributed by atoms with Gasteiger partial charge in [0.05, 0.1) is 17.5 Å². The van der Waals surface area contributed by atoms with Crippen molar-refractivity contribution in [2.24, 2.45) is 0 Å². The van der Waals surface area contributed by atoms with E-state index in [1.807, 2.05) is 30.0 Å². The average molecular weight is 317 g/mol. The standard InChI is InChI=1S/C18H27N3O2/c1-15-14-21(12-7-13-23-15)18(22)19-16-8-3-4-9-17(16)20-10-5-2-6-11-20/h3-4,8-9,15H,2,5-7,10-14H2,1H3,(H,19,22). The van der Waals surface area contributed by atoms with Gasteiger partial charge in [-0.05, 0) is 44.7 Å². The molecule has 0 aromatic heterocycles. The van der Waals surface area contributed by atoms with Crippen LogP contribution < -0.4 is 10.2 Å². The molecule has 1 atom stereocenters. The molecule has 2 saturated heterocycles. The molecule has 0 radical (unpaired) electrons. The number of anilines is 2. The third-order valence-corrected chi connectivity index (χ3v) is 4.58. The minimum atomic E-state index is -0.0215. The van der Waals surface area contributed by atoms with E-state index < -0.39 is 0 Å². The Hall–Kier alpha value is -1.75. The molecule has 5 heteroatoms. The number of piperidine rings is 1. The van der Waals surface area contributed by atoms with Gasteiger partial charge in [0.15, 0.2) is 0 Å². The predicted octanol–water partition coefficient (Wildman–Crippen LogP) is 3.32. The van der Waals surface area contributed by atoms with E-state index in [1.54, 1.807) is 0 Å². The summed E-state index contributed by atoms with van der Waals surface area (Å²) in [5.74, 6) is 0. The van der Waals surface area contributed by atoms with Gasteiger partial charge in [-0.25, -0.2) is 4.79 Å². The van der Waals surface area contributed by atoms with Gasteiger partial charge in [-0.2, -0.15) is 0 Å². The van der Waals surface area contributed by atoms with Crippen LogP contribution in [-0.4, -0.2) is 49.8 Å². The highest BCUT2D eigenvalue weighted by Crippen LogP contribution is 2.28. The van der Waals surface area contributed by atoms with Crippen molar-refractivity contribution in [3.8, 4) is 0 Å². The lowest BCUT2D eigenvalue weighted by molar-refractivity contribution is 0.0718. The molecule has 2 aliphatic rings. The number of hydrogen-bond acceptors (Lipinski definition) is 3. The molecule has 0 aliphatic carbocycles. The zero-order chi connectivity index (χ0) is 16.1. The highest BCUT2D eigenvalue weighted by molar-refractivity contribution is 5.93. The fourth-order valence-electron chi connectivity index (χ4n) is 3.36. The molecule has 0 bridgehead atoms. The summed E-state index contributed by atoms with van der Waals surface area (Å²) in [5.41, 5.74) is 2.05. The zero-order valence-corrected chi connectivity index (χ0v) is 14.0. The number of benzene rings is 1. The van der Waals surface area contributed by atoms with Crippen molar-refractivity contribution in [1.29, 1.82) is 0 Å². The Bertz CT molecular complexity index is 529. The predicted molar refractivity (Wildman–Crippen MR) is 93.1 cm³/mol. The van der Waals surface area contributed by atoms with E-state index in [2.05, 4.69) is 16.3 Å². The summed E-state index contributed by atoms with van der Waals surface area (Å²) in [7, 11) is 0. The molecule has 2 aliphatic heterocycles. The summed E-state index contributed by atoms with van der Waals surface area (Å²) in [5, 5.41) is 3.12. The Kier molecular flexibility index (Phi) is 5.39. The second-order valence-corrected chi connectivity index (χ2v) is 6.48. The number of urea groups is 1. The van der Waals surface area contributed by atoms with Crippen LogP contribution in [0.4, 0.5) is 16.2 Å². The van der Waals surface area contributed by atoms with Crippen LogP contribution in [0.5, 0.6) is 0 Å². The Balaban J connectivity index is 1.70. The molecule has 2 heterocycles. The maximum Gasteiger partial charge on any atom is 0.321 e. The van der Waals surface area contributed by atoms with Crippen molar-refractivity contribution in [3.05, 3.63) is 24.3 Å². The highest BCUT2D eigenvalue weighted by atomic mass is 16.5. The number of rotatable bonds is 2. The molecule has 23 heavy (non-hydrogen) atoms. The maximum absolute atomic E-state index is 12.6. The van der Waals surface area contributed by atoms with Crippen LogP contribution in [-0.2, 0) is 4.74 Å². The molecule has 3 rings (SSSR count). The molecule has 1 N–H and O–H groups in total. The largest absolute Gasteiger partial charge is 0.377 e. The van der Waals surface area contributed by atoms with Crippen LogP contribution >= 0.6 is 0 Å². The summed E-state index contributed by atoms with van der Waals surface area (Å²) in [6, 6.07) is 8.11. The first kappa shape index (κ1) is 16.1. The fourth-order valence-corrected chi connectivity index (χ4v) is 3.36. The van der Waals surface area contributed by atoms with E-state index >= 15 is 0 Å². The number of carbonyl (C=O) groups excluding carboxylic acids is 1. The average Bonchev–Trinajstić information content (AvgIpc) is 2.81. The van der Waals surface area contributed by atoms with Crippen LogP contribution in [0.15, 0.2) is 24.3 Å². The first-order valence-corrected chi connectivity index (χ1v) is 8.75. The Morgan fingerprint density at radius 3 is 2.74 bits per heavy atom. The fraction of sp³-hybridized carbons (Fsp3) is 0.611. The van der Waals surface area contributed by atoms with Crippen molar-refractivity contribution in [2.75, 3.05) is 43.0 Å². The third kappa shape index (κ3) is 4.16. The lowest BCUT2D eigenvalue weighted by atomic mass is 10.1. The van der Waals surface area contributed by atoms with Crippen molar-refractivity contribution in [3.63, 3.8) is 0 Å². The Labute approximate surface area is 138 Å². The number of nitrogens with zero attached hydrogens (tertiary/aromatic N) is 2.